The molecule has 6 heteroatoms. The molecule has 0 bridgehead atoms. The van der Waals surface area contributed by atoms with Crippen molar-refractivity contribution in [2.24, 2.45) is 5.92 Å². The van der Waals surface area contributed by atoms with Crippen LogP contribution in [0, 0.1) is 5.92 Å². The molecule has 0 saturated carbocycles. The minimum atomic E-state index is -1.02. The first kappa shape index (κ1) is 26.9. The predicted molar refractivity (Wildman–Crippen MR) is 126 cm³/mol. The maximum Gasteiger partial charge on any atom is 0.308 e. The molecule has 0 spiro atoms. The lowest BCUT2D eigenvalue weighted by molar-refractivity contribution is -0.148. The summed E-state index contributed by atoms with van der Waals surface area (Å²) in [4.78, 5) is 34.9. The Labute approximate surface area is 191 Å². The van der Waals surface area contributed by atoms with Crippen LogP contribution < -0.4 is 5.32 Å². The molecule has 2 atom stereocenters. The number of carbonyl (C=O) groups excluding carboxylic acids is 2. The zero-order valence-corrected chi connectivity index (χ0v) is 19.5. The van der Waals surface area contributed by atoms with Gasteiger partial charge in [0.25, 0.3) is 0 Å². The van der Waals surface area contributed by atoms with Crippen LogP contribution in [0.25, 0.3) is 11.1 Å². The van der Waals surface area contributed by atoms with Crippen LogP contribution in [0.4, 0.5) is 0 Å². The van der Waals surface area contributed by atoms with Crippen LogP contribution in [-0.4, -0.2) is 35.6 Å². The summed E-state index contributed by atoms with van der Waals surface area (Å²) in [5, 5.41) is 11.7. The van der Waals surface area contributed by atoms with E-state index in [1.54, 1.807) is 13.8 Å². The van der Waals surface area contributed by atoms with Gasteiger partial charge in [-0.05, 0) is 36.5 Å². The van der Waals surface area contributed by atoms with Crippen molar-refractivity contribution < 1.29 is 24.2 Å². The lowest BCUT2D eigenvalue weighted by Crippen LogP contribution is -2.39. The van der Waals surface area contributed by atoms with E-state index < -0.39 is 5.97 Å². The molecule has 0 radical (unpaired) electrons. The first-order valence-corrected chi connectivity index (χ1v) is 11.2. The largest absolute Gasteiger partial charge is 0.481 e. The number of esters is 1. The molecule has 174 valence electrons. The molecule has 0 aromatic heterocycles. The van der Waals surface area contributed by atoms with Gasteiger partial charge < -0.3 is 15.2 Å². The molecular formula is C26H35NO5. The molecule has 1 amide bonds. The fourth-order valence-electron chi connectivity index (χ4n) is 3.27. The standard InChI is InChI=1S/C24H29NO5.C2H6/c1-3-30-24(29)17(2)15-21(25-22(26)13-14-23(27)28)16-18-9-11-20(12-10-18)19-7-5-4-6-8-19;1-2/h4-12,17,21H,3,13-16H2,1-2H3,(H,25,26)(H,27,28);1-2H3/t17-,21?;/m1./s1. The Balaban J connectivity index is 0.00000249. The van der Waals surface area contributed by atoms with Crippen molar-refractivity contribution in [1.82, 2.24) is 5.32 Å². The van der Waals surface area contributed by atoms with Crippen LogP contribution in [0.15, 0.2) is 54.6 Å². The van der Waals surface area contributed by atoms with Gasteiger partial charge >= 0.3 is 11.9 Å². The molecule has 32 heavy (non-hydrogen) atoms. The fraction of sp³-hybridized carbons (Fsp3) is 0.423. The van der Waals surface area contributed by atoms with Gasteiger partial charge in [-0.15, -0.1) is 0 Å². The number of rotatable bonds is 11. The van der Waals surface area contributed by atoms with Crippen LogP contribution in [0.2, 0.25) is 0 Å². The van der Waals surface area contributed by atoms with Gasteiger partial charge in [0.05, 0.1) is 18.9 Å². The van der Waals surface area contributed by atoms with Crippen molar-refractivity contribution in [2.75, 3.05) is 6.61 Å². The highest BCUT2D eigenvalue weighted by molar-refractivity contribution is 5.81. The van der Waals surface area contributed by atoms with Gasteiger partial charge in [-0.2, -0.15) is 0 Å². The van der Waals surface area contributed by atoms with E-state index in [1.807, 2.05) is 68.4 Å². The molecule has 2 aromatic carbocycles. The topological polar surface area (TPSA) is 92.7 Å². The Morgan fingerprint density at radius 3 is 2.09 bits per heavy atom. The first-order valence-electron chi connectivity index (χ1n) is 11.2. The van der Waals surface area contributed by atoms with E-state index in [0.717, 1.165) is 16.7 Å². The van der Waals surface area contributed by atoms with E-state index in [4.69, 9.17) is 9.84 Å². The van der Waals surface area contributed by atoms with Gasteiger partial charge in [-0.3, -0.25) is 14.4 Å². The van der Waals surface area contributed by atoms with E-state index >= 15 is 0 Å². The number of hydrogen-bond acceptors (Lipinski definition) is 4. The molecule has 0 fully saturated rings. The van der Waals surface area contributed by atoms with Gasteiger partial charge in [0.15, 0.2) is 0 Å². The zero-order chi connectivity index (χ0) is 23.9. The molecule has 0 aliphatic rings. The number of hydrogen-bond donors (Lipinski definition) is 2. The van der Waals surface area contributed by atoms with E-state index in [-0.39, 0.29) is 36.7 Å². The summed E-state index contributed by atoms with van der Waals surface area (Å²) in [6.45, 7) is 7.83. The van der Waals surface area contributed by atoms with Crippen molar-refractivity contribution in [3.63, 3.8) is 0 Å². The quantitative estimate of drug-likeness (QED) is 0.486. The number of carboxylic acid groups (broad SMARTS) is 1. The lowest BCUT2D eigenvalue weighted by atomic mass is 9.94. The average molecular weight is 442 g/mol. The summed E-state index contributed by atoms with van der Waals surface area (Å²) in [6, 6.07) is 17.8. The average Bonchev–Trinajstić information content (AvgIpc) is 2.80. The second-order valence-electron chi connectivity index (χ2n) is 7.31. The molecule has 2 N–H and O–H groups in total. The monoisotopic (exact) mass is 441 g/mol. The molecule has 6 nitrogen and oxygen atoms in total. The summed E-state index contributed by atoms with van der Waals surface area (Å²) in [6.07, 6.45) is 0.639. The summed E-state index contributed by atoms with van der Waals surface area (Å²) in [7, 11) is 0. The van der Waals surface area contributed by atoms with Crippen LogP contribution in [0.3, 0.4) is 0 Å². The van der Waals surface area contributed by atoms with Crippen LogP contribution >= 0.6 is 0 Å². The first-order chi connectivity index (χ1) is 15.4. The predicted octanol–water partition coefficient (Wildman–Crippen LogP) is 4.86. The van der Waals surface area contributed by atoms with E-state index in [9.17, 15) is 14.4 Å². The van der Waals surface area contributed by atoms with E-state index in [2.05, 4.69) is 5.32 Å². The highest BCUT2D eigenvalue weighted by Crippen LogP contribution is 2.21. The smallest absolute Gasteiger partial charge is 0.308 e. The number of amides is 1. The Hall–Kier alpha value is -3.15. The van der Waals surface area contributed by atoms with Crippen molar-refractivity contribution in [3.8, 4) is 11.1 Å². The Kier molecular flexibility index (Phi) is 12.4. The third kappa shape index (κ3) is 9.77. The Bertz CT molecular complexity index is 833. The summed E-state index contributed by atoms with van der Waals surface area (Å²) in [5.41, 5.74) is 3.24. The number of carboxylic acids is 1. The maximum absolute atomic E-state index is 12.2. The van der Waals surface area contributed by atoms with Crippen LogP contribution in [0.1, 0.15) is 52.5 Å². The number of aliphatic carboxylic acids is 1. The van der Waals surface area contributed by atoms with Gasteiger partial charge in [-0.1, -0.05) is 75.4 Å². The Morgan fingerprint density at radius 1 is 0.938 bits per heavy atom. The second-order valence-corrected chi connectivity index (χ2v) is 7.31. The van der Waals surface area contributed by atoms with Crippen LogP contribution in [-0.2, 0) is 25.5 Å². The number of nitrogens with one attached hydrogen (secondary N) is 1. The maximum atomic E-state index is 12.2. The molecular weight excluding hydrogens is 406 g/mol. The number of benzene rings is 2. The summed E-state index contributed by atoms with van der Waals surface area (Å²) < 4.78 is 5.07. The van der Waals surface area contributed by atoms with E-state index in [1.165, 1.54) is 0 Å². The highest BCUT2D eigenvalue weighted by Gasteiger charge is 2.22. The van der Waals surface area contributed by atoms with Crippen molar-refractivity contribution >= 4 is 17.8 Å². The fourth-order valence-corrected chi connectivity index (χ4v) is 3.27. The minimum absolute atomic E-state index is 0.0907. The summed E-state index contributed by atoms with van der Waals surface area (Å²) in [5.74, 6) is -2.03. The van der Waals surface area contributed by atoms with Crippen molar-refractivity contribution in [1.29, 1.82) is 0 Å². The third-order valence-electron chi connectivity index (χ3n) is 4.80. The molecule has 2 rings (SSSR count). The minimum Gasteiger partial charge on any atom is -0.481 e. The summed E-state index contributed by atoms with van der Waals surface area (Å²) >= 11 is 0. The van der Waals surface area contributed by atoms with Gasteiger partial charge in [-0.25, -0.2) is 0 Å². The molecule has 1 unspecified atom stereocenters. The van der Waals surface area contributed by atoms with Gasteiger partial charge in [0, 0.05) is 12.5 Å². The third-order valence-corrected chi connectivity index (χ3v) is 4.80. The van der Waals surface area contributed by atoms with Crippen molar-refractivity contribution in [3.05, 3.63) is 60.2 Å². The van der Waals surface area contributed by atoms with Crippen molar-refractivity contribution in [2.45, 2.75) is 59.4 Å². The van der Waals surface area contributed by atoms with Gasteiger partial charge in [0.1, 0.15) is 0 Å². The van der Waals surface area contributed by atoms with E-state index in [0.29, 0.717) is 19.4 Å². The SMILES string of the molecule is CC.CCOC(=O)[C@H](C)CC(Cc1ccc(-c2ccccc2)cc1)NC(=O)CCC(=O)O. The zero-order valence-electron chi connectivity index (χ0n) is 19.5. The molecule has 0 heterocycles. The molecule has 0 aliphatic carbocycles. The molecule has 0 saturated heterocycles. The van der Waals surface area contributed by atoms with Crippen LogP contribution in [0.5, 0.6) is 0 Å². The molecule has 0 aliphatic heterocycles. The molecule has 2 aromatic rings. The second kappa shape index (κ2) is 14.8. The Morgan fingerprint density at radius 2 is 1.53 bits per heavy atom. The lowest BCUT2D eigenvalue weighted by Gasteiger charge is -2.22. The normalized spacial score (nSPS) is 12.0. The highest BCUT2D eigenvalue weighted by atomic mass is 16.5. The number of ether oxygens (including phenoxy) is 1. The van der Waals surface area contributed by atoms with Gasteiger partial charge in [0.2, 0.25) is 5.91 Å². The number of carbonyl (C=O) groups is 3.